The molecule has 1 fully saturated rings. The van der Waals surface area contributed by atoms with Crippen molar-refractivity contribution in [3.63, 3.8) is 0 Å². The minimum Gasteiger partial charge on any atom is -0.490 e. The Hall–Kier alpha value is -2.46. The number of halogens is 1. The summed E-state index contributed by atoms with van der Waals surface area (Å²) < 4.78 is 19.9. The van der Waals surface area contributed by atoms with E-state index in [-0.39, 0.29) is 11.9 Å². The molecule has 1 aliphatic rings. The van der Waals surface area contributed by atoms with Crippen molar-refractivity contribution >= 4 is 10.9 Å². The summed E-state index contributed by atoms with van der Waals surface area (Å²) in [5.41, 5.74) is 3.02. The van der Waals surface area contributed by atoms with Crippen LogP contribution in [0, 0.1) is 12.7 Å². The zero-order valence-electron chi connectivity index (χ0n) is 15.0. The highest BCUT2D eigenvalue weighted by Gasteiger charge is 2.21. The average molecular weight is 350 g/mol. The standard InChI is InChI=1S/C22H23FN2O/c1-16-13-22(20-14-18(23)7-8-21(20)24-16)26-19-9-11-25(12-10-19)15-17-5-3-2-4-6-17/h2-8,13-14,19H,9-12,15H2,1H3. The second-order valence-electron chi connectivity index (χ2n) is 7.00. The van der Waals surface area contributed by atoms with Crippen molar-refractivity contribution in [1.82, 2.24) is 9.88 Å². The van der Waals surface area contributed by atoms with Gasteiger partial charge in [0, 0.05) is 36.8 Å². The van der Waals surface area contributed by atoms with Gasteiger partial charge in [-0.1, -0.05) is 30.3 Å². The molecule has 4 rings (SSSR count). The highest BCUT2D eigenvalue weighted by atomic mass is 19.1. The lowest BCUT2D eigenvalue weighted by Gasteiger charge is -2.32. The van der Waals surface area contributed by atoms with Crippen molar-refractivity contribution in [3.8, 4) is 5.75 Å². The van der Waals surface area contributed by atoms with E-state index in [0.717, 1.165) is 54.8 Å². The molecule has 0 unspecified atom stereocenters. The summed E-state index contributed by atoms with van der Waals surface area (Å²) in [5, 5.41) is 0.752. The molecule has 0 spiro atoms. The molecule has 0 N–H and O–H groups in total. The van der Waals surface area contributed by atoms with Gasteiger partial charge in [0.1, 0.15) is 17.7 Å². The quantitative estimate of drug-likeness (QED) is 0.680. The van der Waals surface area contributed by atoms with Gasteiger partial charge in [-0.15, -0.1) is 0 Å². The Morgan fingerprint density at radius 1 is 1.08 bits per heavy atom. The monoisotopic (exact) mass is 350 g/mol. The molecule has 1 aliphatic heterocycles. The van der Waals surface area contributed by atoms with E-state index in [2.05, 4.69) is 34.1 Å². The molecule has 134 valence electrons. The fourth-order valence-electron chi connectivity index (χ4n) is 3.60. The number of aryl methyl sites for hydroxylation is 1. The van der Waals surface area contributed by atoms with Crippen LogP contribution in [0.15, 0.2) is 54.6 Å². The maximum absolute atomic E-state index is 13.7. The predicted molar refractivity (Wildman–Crippen MR) is 102 cm³/mol. The van der Waals surface area contributed by atoms with Gasteiger partial charge in [0.05, 0.1) is 5.52 Å². The fourth-order valence-corrected chi connectivity index (χ4v) is 3.60. The zero-order chi connectivity index (χ0) is 17.9. The van der Waals surface area contributed by atoms with E-state index >= 15 is 0 Å². The first-order valence-corrected chi connectivity index (χ1v) is 9.17. The average Bonchev–Trinajstić information content (AvgIpc) is 2.65. The summed E-state index contributed by atoms with van der Waals surface area (Å²) in [7, 11) is 0. The Morgan fingerprint density at radius 2 is 1.85 bits per heavy atom. The maximum Gasteiger partial charge on any atom is 0.131 e. The van der Waals surface area contributed by atoms with Crippen LogP contribution in [0.4, 0.5) is 4.39 Å². The number of pyridine rings is 1. The molecule has 0 atom stereocenters. The van der Waals surface area contributed by atoms with Gasteiger partial charge in [0.25, 0.3) is 0 Å². The highest BCUT2D eigenvalue weighted by molar-refractivity contribution is 5.85. The number of rotatable bonds is 4. The van der Waals surface area contributed by atoms with Crippen molar-refractivity contribution in [3.05, 3.63) is 71.7 Å². The molecule has 4 heteroatoms. The van der Waals surface area contributed by atoms with Gasteiger partial charge in [-0.05, 0) is 43.5 Å². The molecular formula is C22H23FN2O. The lowest BCUT2D eigenvalue weighted by molar-refractivity contribution is 0.0979. The Kier molecular flexibility index (Phi) is 4.85. The van der Waals surface area contributed by atoms with E-state index < -0.39 is 0 Å². The third kappa shape index (κ3) is 3.86. The minimum atomic E-state index is -0.259. The van der Waals surface area contributed by atoms with Crippen LogP contribution in [-0.2, 0) is 6.54 Å². The van der Waals surface area contributed by atoms with E-state index in [9.17, 15) is 4.39 Å². The normalized spacial score (nSPS) is 16.1. The Labute approximate surface area is 153 Å². The van der Waals surface area contributed by atoms with Crippen LogP contribution in [0.2, 0.25) is 0 Å². The molecule has 1 saturated heterocycles. The smallest absolute Gasteiger partial charge is 0.131 e. The molecule has 0 saturated carbocycles. The maximum atomic E-state index is 13.7. The Balaban J connectivity index is 1.43. The topological polar surface area (TPSA) is 25.4 Å². The van der Waals surface area contributed by atoms with E-state index in [1.165, 1.54) is 17.7 Å². The molecular weight excluding hydrogens is 327 g/mol. The molecule has 0 radical (unpaired) electrons. The van der Waals surface area contributed by atoms with Crippen LogP contribution in [0.1, 0.15) is 24.1 Å². The van der Waals surface area contributed by atoms with Gasteiger partial charge in [-0.3, -0.25) is 9.88 Å². The van der Waals surface area contributed by atoms with Crippen LogP contribution in [0.5, 0.6) is 5.75 Å². The highest BCUT2D eigenvalue weighted by Crippen LogP contribution is 2.29. The largest absolute Gasteiger partial charge is 0.490 e. The predicted octanol–water partition coefficient (Wildman–Crippen LogP) is 4.73. The fraction of sp³-hybridized carbons (Fsp3) is 0.318. The van der Waals surface area contributed by atoms with Crippen molar-refractivity contribution in [2.24, 2.45) is 0 Å². The number of likely N-dealkylation sites (tertiary alicyclic amines) is 1. The van der Waals surface area contributed by atoms with Gasteiger partial charge < -0.3 is 4.74 Å². The van der Waals surface area contributed by atoms with Gasteiger partial charge >= 0.3 is 0 Å². The summed E-state index contributed by atoms with van der Waals surface area (Å²) in [6.45, 7) is 4.94. The van der Waals surface area contributed by atoms with Crippen LogP contribution in [0.3, 0.4) is 0 Å². The van der Waals surface area contributed by atoms with Crippen molar-refractivity contribution in [1.29, 1.82) is 0 Å². The number of hydrogen-bond donors (Lipinski definition) is 0. The molecule has 2 aromatic carbocycles. The summed E-state index contributed by atoms with van der Waals surface area (Å²) in [6.07, 6.45) is 2.12. The molecule has 3 aromatic rings. The Bertz CT molecular complexity index is 889. The number of hydrogen-bond acceptors (Lipinski definition) is 3. The van der Waals surface area contributed by atoms with Crippen LogP contribution in [-0.4, -0.2) is 29.1 Å². The van der Waals surface area contributed by atoms with Gasteiger partial charge in [-0.25, -0.2) is 4.39 Å². The first kappa shape index (κ1) is 17.0. The molecule has 0 bridgehead atoms. The number of aromatic nitrogens is 1. The van der Waals surface area contributed by atoms with Gasteiger partial charge in [-0.2, -0.15) is 0 Å². The summed E-state index contributed by atoms with van der Waals surface area (Å²) >= 11 is 0. The third-order valence-corrected chi connectivity index (χ3v) is 4.94. The van der Waals surface area contributed by atoms with Gasteiger partial charge in [0.2, 0.25) is 0 Å². The van der Waals surface area contributed by atoms with Gasteiger partial charge in [0.15, 0.2) is 0 Å². The van der Waals surface area contributed by atoms with E-state index in [1.807, 2.05) is 19.1 Å². The SMILES string of the molecule is Cc1cc(OC2CCN(Cc3ccccc3)CC2)c2cc(F)ccc2n1. The van der Waals surface area contributed by atoms with Crippen LogP contribution in [0.25, 0.3) is 10.9 Å². The van der Waals surface area contributed by atoms with E-state index in [0.29, 0.717) is 0 Å². The minimum absolute atomic E-state index is 0.162. The second kappa shape index (κ2) is 7.42. The second-order valence-corrected chi connectivity index (χ2v) is 7.00. The summed E-state index contributed by atoms with van der Waals surface area (Å²) in [6, 6.07) is 17.1. The Morgan fingerprint density at radius 3 is 2.62 bits per heavy atom. The molecule has 0 amide bonds. The number of fused-ring (bicyclic) bond motifs is 1. The molecule has 1 aromatic heterocycles. The number of piperidine rings is 1. The van der Waals surface area contributed by atoms with Crippen molar-refractivity contribution in [2.75, 3.05) is 13.1 Å². The zero-order valence-corrected chi connectivity index (χ0v) is 15.0. The summed E-state index contributed by atoms with van der Waals surface area (Å²) in [4.78, 5) is 6.94. The molecule has 0 aliphatic carbocycles. The van der Waals surface area contributed by atoms with Crippen LogP contribution >= 0.6 is 0 Å². The van der Waals surface area contributed by atoms with Crippen molar-refractivity contribution in [2.45, 2.75) is 32.4 Å². The summed E-state index contributed by atoms with van der Waals surface area (Å²) in [5.74, 6) is 0.485. The molecule has 26 heavy (non-hydrogen) atoms. The van der Waals surface area contributed by atoms with Crippen LogP contribution < -0.4 is 4.74 Å². The number of nitrogens with zero attached hydrogens (tertiary/aromatic N) is 2. The lowest BCUT2D eigenvalue weighted by atomic mass is 10.1. The molecule has 3 nitrogen and oxygen atoms in total. The first-order chi connectivity index (χ1) is 12.7. The molecule has 2 heterocycles. The number of benzene rings is 2. The van der Waals surface area contributed by atoms with E-state index in [1.54, 1.807) is 6.07 Å². The van der Waals surface area contributed by atoms with Crippen molar-refractivity contribution < 1.29 is 9.13 Å². The van der Waals surface area contributed by atoms with E-state index in [4.69, 9.17) is 4.74 Å². The third-order valence-electron chi connectivity index (χ3n) is 4.94. The first-order valence-electron chi connectivity index (χ1n) is 9.17. The lowest BCUT2D eigenvalue weighted by Crippen LogP contribution is -2.37. The number of ether oxygens (including phenoxy) is 1.